The molecule has 0 aliphatic carbocycles. The van der Waals surface area contributed by atoms with Gasteiger partial charge in [0.15, 0.2) is 0 Å². The highest BCUT2D eigenvalue weighted by atomic mass is 35.5. The van der Waals surface area contributed by atoms with E-state index in [1.165, 1.54) is 18.2 Å². The lowest BCUT2D eigenvalue weighted by Gasteiger charge is -2.14. The van der Waals surface area contributed by atoms with E-state index in [1.807, 2.05) is 6.92 Å². The van der Waals surface area contributed by atoms with E-state index in [0.29, 0.717) is 36.0 Å². The first-order valence-electron chi connectivity index (χ1n) is 8.13. The Morgan fingerprint density at radius 3 is 2.73 bits per heavy atom. The third-order valence-electron chi connectivity index (χ3n) is 4.15. The zero-order valence-electron chi connectivity index (χ0n) is 14.2. The third kappa shape index (κ3) is 4.35. The lowest BCUT2D eigenvalue weighted by Crippen LogP contribution is -2.23. The lowest BCUT2D eigenvalue weighted by atomic mass is 10.1. The number of sulfonamides is 1. The molecule has 0 spiro atoms. The Hall–Kier alpha value is -2.09. The summed E-state index contributed by atoms with van der Waals surface area (Å²) < 4.78 is 33.0. The molecule has 0 saturated carbocycles. The molecule has 0 bridgehead atoms. The van der Waals surface area contributed by atoms with Gasteiger partial charge < -0.3 is 10.1 Å². The Bertz CT molecular complexity index is 925. The lowest BCUT2D eigenvalue weighted by molar-refractivity contribution is -0.119. The number of carbonyl (C=O) groups excluding carboxylic acids is 1. The van der Waals surface area contributed by atoms with Gasteiger partial charge in [-0.25, -0.2) is 8.42 Å². The standard InChI is InChI=1S/C18H19ClN2O4S/c1-12-5-6-16(10-17(12)20-18(22)13-7-8-25-11-13)26(23,24)21-15-4-2-3-14(19)9-15/h2-6,9-10,13,21H,7-8,11H2,1H3,(H,20,22). The highest BCUT2D eigenvalue weighted by Gasteiger charge is 2.24. The fourth-order valence-electron chi connectivity index (χ4n) is 2.65. The van der Waals surface area contributed by atoms with Gasteiger partial charge in [-0.3, -0.25) is 9.52 Å². The van der Waals surface area contributed by atoms with E-state index in [-0.39, 0.29) is 16.7 Å². The molecular weight excluding hydrogens is 376 g/mol. The summed E-state index contributed by atoms with van der Waals surface area (Å²) in [6.45, 7) is 2.76. The quantitative estimate of drug-likeness (QED) is 0.813. The summed E-state index contributed by atoms with van der Waals surface area (Å²) in [4.78, 5) is 12.3. The third-order valence-corrected chi connectivity index (χ3v) is 5.77. The number of hydrogen-bond acceptors (Lipinski definition) is 4. The Labute approximate surface area is 157 Å². The van der Waals surface area contributed by atoms with E-state index in [2.05, 4.69) is 10.0 Å². The van der Waals surface area contributed by atoms with E-state index in [4.69, 9.17) is 16.3 Å². The van der Waals surface area contributed by atoms with Crippen LogP contribution in [0, 0.1) is 12.8 Å². The fourth-order valence-corrected chi connectivity index (χ4v) is 3.91. The van der Waals surface area contributed by atoms with E-state index in [9.17, 15) is 13.2 Å². The zero-order valence-corrected chi connectivity index (χ0v) is 15.7. The van der Waals surface area contributed by atoms with Crippen molar-refractivity contribution < 1.29 is 17.9 Å². The first-order valence-corrected chi connectivity index (χ1v) is 9.99. The minimum Gasteiger partial charge on any atom is -0.381 e. The predicted molar refractivity (Wildman–Crippen MR) is 101 cm³/mol. The van der Waals surface area contributed by atoms with Gasteiger partial charge in [-0.05, 0) is 49.2 Å². The Morgan fingerprint density at radius 2 is 2.04 bits per heavy atom. The van der Waals surface area contributed by atoms with Crippen LogP contribution < -0.4 is 10.0 Å². The second-order valence-electron chi connectivity index (χ2n) is 6.14. The van der Waals surface area contributed by atoms with Gasteiger partial charge in [-0.1, -0.05) is 23.7 Å². The monoisotopic (exact) mass is 394 g/mol. The summed E-state index contributed by atoms with van der Waals surface area (Å²) in [6.07, 6.45) is 0.666. The number of carbonyl (C=O) groups is 1. The fraction of sp³-hybridized carbons (Fsp3) is 0.278. The van der Waals surface area contributed by atoms with Gasteiger partial charge in [-0.15, -0.1) is 0 Å². The number of nitrogens with one attached hydrogen (secondary N) is 2. The maximum Gasteiger partial charge on any atom is 0.261 e. The topological polar surface area (TPSA) is 84.5 Å². The Kier molecular flexibility index (Phi) is 5.50. The van der Waals surface area contributed by atoms with Crippen LogP contribution in [-0.4, -0.2) is 27.5 Å². The number of hydrogen-bond donors (Lipinski definition) is 2. The van der Waals surface area contributed by atoms with E-state index >= 15 is 0 Å². The molecule has 2 aromatic rings. The molecule has 3 rings (SSSR count). The van der Waals surface area contributed by atoms with Crippen LogP contribution in [0.5, 0.6) is 0 Å². The van der Waals surface area contributed by atoms with Crippen LogP contribution in [-0.2, 0) is 19.6 Å². The van der Waals surface area contributed by atoms with Gasteiger partial charge in [0.05, 0.1) is 23.1 Å². The number of benzene rings is 2. The Balaban J connectivity index is 1.82. The van der Waals surface area contributed by atoms with Gasteiger partial charge in [0.25, 0.3) is 10.0 Å². The molecule has 8 heteroatoms. The zero-order chi connectivity index (χ0) is 18.7. The van der Waals surface area contributed by atoms with Crippen molar-refractivity contribution in [2.45, 2.75) is 18.2 Å². The van der Waals surface area contributed by atoms with Crippen molar-refractivity contribution in [3.05, 3.63) is 53.1 Å². The van der Waals surface area contributed by atoms with Crippen LogP contribution in [0.2, 0.25) is 5.02 Å². The molecule has 26 heavy (non-hydrogen) atoms. The minimum absolute atomic E-state index is 0.0565. The van der Waals surface area contributed by atoms with Crippen molar-refractivity contribution in [1.82, 2.24) is 0 Å². The van der Waals surface area contributed by atoms with Crippen LogP contribution >= 0.6 is 11.6 Å². The molecule has 1 aliphatic heterocycles. The molecule has 1 heterocycles. The van der Waals surface area contributed by atoms with Gasteiger partial charge in [-0.2, -0.15) is 0 Å². The van der Waals surface area contributed by atoms with E-state index in [1.54, 1.807) is 24.3 Å². The molecule has 1 saturated heterocycles. The number of amides is 1. The molecule has 2 aromatic carbocycles. The van der Waals surface area contributed by atoms with Crippen LogP contribution in [0.4, 0.5) is 11.4 Å². The SMILES string of the molecule is Cc1ccc(S(=O)(=O)Nc2cccc(Cl)c2)cc1NC(=O)C1CCOC1. The number of ether oxygens (including phenoxy) is 1. The molecule has 2 N–H and O–H groups in total. The Morgan fingerprint density at radius 1 is 1.23 bits per heavy atom. The van der Waals surface area contributed by atoms with Crippen molar-refractivity contribution >= 4 is 38.9 Å². The van der Waals surface area contributed by atoms with Crippen LogP contribution in [0.1, 0.15) is 12.0 Å². The first kappa shape index (κ1) is 18.7. The molecule has 1 amide bonds. The smallest absolute Gasteiger partial charge is 0.261 e. The molecular formula is C18H19ClN2O4S. The van der Waals surface area contributed by atoms with Crippen LogP contribution in [0.25, 0.3) is 0 Å². The molecule has 6 nitrogen and oxygen atoms in total. The average Bonchev–Trinajstić information content (AvgIpc) is 3.11. The van der Waals surface area contributed by atoms with Gasteiger partial charge in [0.2, 0.25) is 5.91 Å². The van der Waals surface area contributed by atoms with Crippen molar-refractivity contribution in [2.75, 3.05) is 23.3 Å². The number of rotatable bonds is 5. The summed E-state index contributed by atoms with van der Waals surface area (Å²) in [7, 11) is -3.81. The molecule has 1 aliphatic rings. The van der Waals surface area contributed by atoms with Crippen molar-refractivity contribution in [2.24, 2.45) is 5.92 Å². The molecule has 1 unspecified atom stereocenters. The summed E-state index contributed by atoms with van der Waals surface area (Å²) in [5.74, 6) is -0.373. The number of anilines is 2. The highest BCUT2D eigenvalue weighted by molar-refractivity contribution is 7.92. The predicted octanol–water partition coefficient (Wildman–Crippen LogP) is 3.42. The second kappa shape index (κ2) is 7.65. The molecule has 0 aromatic heterocycles. The molecule has 1 atom stereocenters. The van der Waals surface area contributed by atoms with Crippen LogP contribution in [0.3, 0.4) is 0 Å². The van der Waals surface area contributed by atoms with Crippen molar-refractivity contribution in [1.29, 1.82) is 0 Å². The van der Waals surface area contributed by atoms with Gasteiger partial charge >= 0.3 is 0 Å². The minimum atomic E-state index is -3.81. The molecule has 0 radical (unpaired) electrons. The van der Waals surface area contributed by atoms with E-state index in [0.717, 1.165) is 5.56 Å². The highest BCUT2D eigenvalue weighted by Crippen LogP contribution is 2.25. The maximum atomic E-state index is 12.6. The van der Waals surface area contributed by atoms with Crippen molar-refractivity contribution in [3.63, 3.8) is 0 Å². The summed E-state index contributed by atoms with van der Waals surface area (Å²) in [5, 5.41) is 3.24. The summed E-state index contributed by atoms with van der Waals surface area (Å²) in [6, 6.07) is 11.1. The second-order valence-corrected chi connectivity index (χ2v) is 8.26. The van der Waals surface area contributed by atoms with Crippen LogP contribution in [0.15, 0.2) is 47.4 Å². The molecule has 1 fully saturated rings. The normalized spacial score (nSPS) is 17.1. The summed E-state index contributed by atoms with van der Waals surface area (Å²) >= 11 is 5.89. The number of aryl methyl sites for hydroxylation is 1. The van der Waals surface area contributed by atoms with Gasteiger partial charge in [0.1, 0.15) is 0 Å². The summed E-state index contributed by atoms with van der Waals surface area (Å²) in [5.41, 5.74) is 1.61. The van der Waals surface area contributed by atoms with Gasteiger partial charge in [0, 0.05) is 17.3 Å². The number of halogens is 1. The van der Waals surface area contributed by atoms with Crippen molar-refractivity contribution in [3.8, 4) is 0 Å². The molecule has 138 valence electrons. The average molecular weight is 395 g/mol. The maximum absolute atomic E-state index is 12.6. The largest absolute Gasteiger partial charge is 0.381 e. The first-order chi connectivity index (χ1) is 12.3. The van der Waals surface area contributed by atoms with E-state index < -0.39 is 10.0 Å².